The Morgan fingerprint density at radius 3 is 2.71 bits per heavy atom. The van der Waals surface area contributed by atoms with Gasteiger partial charge in [-0.15, -0.1) is 0 Å². The number of amides is 1. The zero-order valence-corrected chi connectivity index (χ0v) is 8.66. The van der Waals surface area contributed by atoms with Crippen LogP contribution in [0.1, 0.15) is 20.3 Å². The molecule has 78 valence electrons. The fourth-order valence-electron chi connectivity index (χ4n) is 1.03. The quantitative estimate of drug-likeness (QED) is 0.401. The molecule has 2 N–H and O–H groups in total. The van der Waals surface area contributed by atoms with Crippen LogP contribution in [0.3, 0.4) is 0 Å². The first-order valence-electron chi connectivity index (χ1n) is 4.54. The number of hydrogen-bond donors (Lipinski definition) is 2. The highest BCUT2D eigenvalue weighted by Gasteiger charge is 2.12. The van der Waals surface area contributed by atoms with Gasteiger partial charge in [-0.1, -0.05) is 43.4 Å². The molecule has 0 bridgehead atoms. The van der Waals surface area contributed by atoms with Gasteiger partial charge in [-0.05, 0) is 13.3 Å². The zero-order chi connectivity index (χ0) is 11.0. The van der Waals surface area contributed by atoms with Gasteiger partial charge in [0.05, 0.1) is 0 Å². The van der Waals surface area contributed by atoms with Crippen molar-refractivity contribution in [1.82, 2.24) is 5.48 Å². The first-order chi connectivity index (χ1) is 6.65. The van der Waals surface area contributed by atoms with Gasteiger partial charge in [0, 0.05) is 5.92 Å². The van der Waals surface area contributed by atoms with Crippen LogP contribution in [0, 0.1) is 5.92 Å². The third kappa shape index (κ3) is 4.62. The Bertz CT molecular complexity index is 254. The van der Waals surface area contributed by atoms with Gasteiger partial charge >= 0.3 is 0 Å². The van der Waals surface area contributed by atoms with Crippen molar-refractivity contribution < 1.29 is 10.0 Å². The number of hydroxylamine groups is 1. The zero-order valence-electron chi connectivity index (χ0n) is 8.66. The lowest BCUT2D eigenvalue weighted by Gasteiger charge is -2.08. The maximum absolute atomic E-state index is 11.0. The van der Waals surface area contributed by atoms with Crippen molar-refractivity contribution in [3.63, 3.8) is 0 Å². The molecule has 0 aromatic heterocycles. The van der Waals surface area contributed by atoms with Gasteiger partial charge in [0.15, 0.2) is 0 Å². The standard InChI is InChI=1S/C11H17NO2/c1-4-6-7-10(5-2)8-9(3)11(13)12-14/h4-7,9,14H,1,8H2,2-3H3,(H,12,13)/b7-6-,10-5+. The van der Waals surface area contributed by atoms with Crippen LogP contribution in [0.25, 0.3) is 0 Å². The van der Waals surface area contributed by atoms with Crippen molar-refractivity contribution in [1.29, 1.82) is 0 Å². The van der Waals surface area contributed by atoms with Gasteiger partial charge in [0.25, 0.3) is 0 Å². The molecular formula is C11H17NO2. The van der Waals surface area contributed by atoms with E-state index in [9.17, 15) is 4.79 Å². The minimum Gasteiger partial charge on any atom is -0.289 e. The molecule has 0 aliphatic rings. The molecule has 0 rings (SSSR count). The Morgan fingerprint density at radius 1 is 1.64 bits per heavy atom. The molecule has 0 aliphatic carbocycles. The van der Waals surface area contributed by atoms with Crippen molar-refractivity contribution in [2.45, 2.75) is 20.3 Å². The number of carbonyl (C=O) groups excluding carboxylic acids is 1. The molecule has 0 saturated carbocycles. The topological polar surface area (TPSA) is 49.3 Å². The number of hydrogen-bond acceptors (Lipinski definition) is 2. The summed E-state index contributed by atoms with van der Waals surface area (Å²) in [6, 6.07) is 0. The van der Waals surface area contributed by atoms with E-state index in [0.29, 0.717) is 6.42 Å². The van der Waals surface area contributed by atoms with E-state index in [0.717, 1.165) is 5.57 Å². The van der Waals surface area contributed by atoms with E-state index in [-0.39, 0.29) is 11.8 Å². The van der Waals surface area contributed by atoms with Crippen molar-refractivity contribution in [3.05, 3.63) is 36.5 Å². The summed E-state index contributed by atoms with van der Waals surface area (Å²) in [5.74, 6) is -0.600. The Labute approximate surface area is 84.8 Å². The Morgan fingerprint density at radius 2 is 2.29 bits per heavy atom. The molecule has 0 aromatic carbocycles. The van der Waals surface area contributed by atoms with E-state index in [1.54, 1.807) is 18.5 Å². The van der Waals surface area contributed by atoms with E-state index in [2.05, 4.69) is 6.58 Å². The van der Waals surface area contributed by atoms with E-state index < -0.39 is 0 Å². The van der Waals surface area contributed by atoms with E-state index in [1.807, 2.05) is 25.2 Å². The Kier molecular flexibility index (Phi) is 6.41. The van der Waals surface area contributed by atoms with Crippen LogP contribution < -0.4 is 5.48 Å². The minimum absolute atomic E-state index is 0.235. The molecule has 1 atom stereocenters. The first kappa shape index (κ1) is 12.7. The predicted molar refractivity (Wildman–Crippen MR) is 56.8 cm³/mol. The summed E-state index contributed by atoms with van der Waals surface area (Å²) >= 11 is 0. The molecule has 0 aromatic rings. The molecule has 0 spiro atoms. The highest BCUT2D eigenvalue weighted by atomic mass is 16.5. The average molecular weight is 195 g/mol. The van der Waals surface area contributed by atoms with Crippen LogP contribution >= 0.6 is 0 Å². The number of nitrogens with one attached hydrogen (secondary N) is 1. The summed E-state index contributed by atoms with van der Waals surface area (Å²) in [4.78, 5) is 11.0. The monoisotopic (exact) mass is 195 g/mol. The largest absolute Gasteiger partial charge is 0.289 e. The van der Waals surface area contributed by atoms with Gasteiger partial charge in [0.2, 0.25) is 5.91 Å². The van der Waals surface area contributed by atoms with Crippen molar-refractivity contribution >= 4 is 5.91 Å². The molecule has 1 unspecified atom stereocenters. The lowest BCUT2D eigenvalue weighted by atomic mass is 10.00. The maximum Gasteiger partial charge on any atom is 0.246 e. The first-order valence-corrected chi connectivity index (χ1v) is 4.54. The van der Waals surface area contributed by atoms with Crippen molar-refractivity contribution in [3.8, 4) is 0 Å². The molecule has 0 aliphatic heterocycles. The normalized spacial score (nSPS) is 14.1. The summed E-state index contributed by atoms with van der Waals surface area (Å²) < 4.78 is 0. The lowest BCUT2D eigenvalue weighted by molar-refractivity contribution is -0.132. The average Bonchev–Trinajstić information content (AvgIpc) is 2.22. The highest BCUT2D eigenvalue weighted by Crippen LogP contribution is 2.12. The SMILES string of the molecule is C=C/C=C\C(=C/C)CC(C)C(=O)NO. The second kappa shape index (κ2) is 7.09. The molecule has 3 nitrogen and oxygen atoms in total. The van der Waals surface area contributed by atoms with Crippen LogP contribution in [-0.2, 0) is 4.79 Å². The molecule has 0 saturated heterocycles. The van der Waals surface area contributed by atoms with E-state index >= 15 is 0 Å². The van der Waals surface area contributed by atoms with Gasteiger partial charge < -0.3 is 0 Å². The smallest absolute Gasteiger partial charge is 0.246 e. The van der Waals surface area contributed by atoms with E-state index in [4.69, 9.17) is 5.21 Å². The second-order valence-corrected chi connectivity index (χ2v) is 3.04. The van der Waals surface area contributed by atoms with Gasteiger partial charge in [-0.25, -0.2) is 5.48 Å². The molecule has 1 amide bonds. The van der Waals surface area contributed by atoms with Gasteiger partial charge in [-0.3, -0.25) is 10.0 Å². The molecule has 14 heavy (non-hydrogen) atoms. The fourth-order valence-corrected chi connectivity index (χ4v) is 1.03. The number of allylic oxidation sites excluding steroid dienone is 5. The lowest BCUT2D eigenvalue weighted by Crippen LogP contribution is -2.26. The van der Waals surface area contributed by atoms with Crippen LogP contribution in [-0.4, -0.2) is 11.1 Å². The Balaban J connectivity index is 4.26. The molecule has 0 heterocycles. The summed E-state index contributed by atoms with van der Waals surface area (Å²) in [6.07, 6.45) is 7.93. The van der Waals surface area contributed by atoms with Crippen LogP contribution in [0.2, 0.25) is 0 Å². The van der Waals surface area contributed by atoms with Crippen molar-refractivity contribution in [2.24, 2.45) is 5.92 Å². The third-order valence-corrected chi connectivity index (χ3v) is 1.92. The van der Waals surface area contributed by atoms with Crippen LogP contribution in [0.15, 0.2) is 36.5 Å². The minimum atomic E-state index is -0.364. The van der Waals surface area contributed by atoms with Crippen LogP contribution in [0.5, 0.6) is 0 Å². The molecule has 3 heteroatoms. The van der Waals surface area contributed by atoms with E-state index in [1.165, 1.54) is 0 Å². The van der Waals surface area contributed by atoms with Gasteiger partial charge in [0.1, 0.15) is 0 Å². The number of carbonyl (C=O) groups is 1. The van der Waals surface area contributed by atoms with Crippen LogP contribution in [0.4, 0.5) is 0 Å². The van der Waals surface area contributed by atoms with Crippen molar-refractivity contribution in [2.75, 3.05) is 0 Å². The second-order valence-electron chi connectivity index (χ2n) is 3.04. The number of rotatable bonds is 5. The summed E-state index contributed by atoms with van der Waals surface area (Å²) in [5, 5.41) is 8.41. The predicted octanol–water partition coefficient (Wildman–Crippen LogP) is 2.21. The fraction of sp³-hybridized carbons (Fsp3) is 0.364. The third-order valence-electron chi connectivity index (χ3n) is 1.92. The summed E-state index contributed by atoms with van der Waals surface area (Å²) in [6.45, 7) is 7.23. The van der Waals surface area contributed by atoms with Gasteiger partial charge in [-0.2, -0.15) is 0 Å². The summed E-state index contributed by atoms with van der Waals surface area (Å²) in [7, 11) is 0. The summed E-state index contributed by atoms with van der Waals surface area (Å²) in [5.41, 5.74) is 2.68. The molecule has 0 fully saturated rings. The maximum atomic E-state index is 11.0. The Hall–Kier alpha value is -1.35. The molecule has 0 radical (unpaired) electrons. The highest BCUT2D eigenvalue weighted by molar-refractivity contribution is 5.77. The molecular weight excluding hydrogens is 178 g/mol.